The number of halogens is 2. The first-order valence-electron chi connectivity index (χ1n) is 7.74. The highest BCUT2D eigenvalue weighted by molar-refractivity contribution is 6.36. The maximum atomic E-state index is 12.6. The van der Waals surface area contributed by atoms with Crippen LogP contribution in [0.15, 0.2) is 41.5 Å². The molecular weight excluding hydrogens is 372 g/mol. The highest BCUT2D eigenvalue weighted by Gasteiger charge is 2.12. The molecule has 0 fully saturated rings. The van der Waals surface area contributed by atoms with Crippen LogP contribution in [0, 0.1) is 6.92 Å². The van der Waals surface area contributed by atoms with Gasteiger partial charge in [0.25, 0.3) is 5.91 Å². The normalized spacial score (nSPS) is 11.2. The number of amides is 1. The summed E-state index contributed by atoms with van der Waals surface area (Å²) < 4.78 is 0. The molecule has 8 heteroatoms. The minimum atomic E-state index is -0.380. The first-order chi connectivity index (χ1) is 12.3. The molecule has 0 saturated heterocycles. The number of hydrogen-bond donors (Lipinski definition) is 2. The molecule has 26 heavy (non-hydrogen) atoms. The van der Waals surface area contributed by atoms with Crippen LogP contribution in [-0.4, -0.2) is 30.1 Å². The topological polar surface area (TPSA) is 74.6 Å². The van der Waals surface area contributed by atoms with Crippen molar-refractivity contribution in [1.29, 1.82) is 0 Å². The zero-order chi connectivity index (χ0) is 18.8. The predicted molar refractivity (Wildman–Crippen MR) is 108 cm³/mol. The predicted octanol–water partition coefficient (Wildman–Crippen LogP) is 2.58. The van der Waals surface area contributed by atoms with E-state index in [-0.39, 0.29) is 16.7 Å². The molecule has 1 aromatic heterocycles. The number of carbonyl (C=O) groups is 1. The highest BCUT2D eigenvalue weighted by Crippen LogP contribution is 2.29. The van der Waals surface area contributed by atoms with Gasteiger partial charge in [0.2, 0.25) is 0 Å². The molecule has 0 aliphatic carbocycles. The van der Waals surface area contributed by atoms with Crippen molar-refractivity contribution in [1.82, 2.24) is 10.4 Å². The van der Waals surface area contributed by atoms with Gasteiger partial charge >= 0.3 is 0 Å². The van der Waals surface area contributed by atoms with Crippen LogP contribution in [0.1, 0.15) is 21.6 Å². The third kappa shape index (κ3) is 3.82. The Balaban J connectivity index is 1.90. The van der Waals surface area contributed by atoms with Gasteiger partial charge in [-0.3, -0.25) is 9.78 Å². The average molecular weight is 386 g/mol. The van der Waals surface area contributed by atoms with Crippen LogP contribution in [0.3, 0.4) is 0 Å². The smallest absolute Gasteiger partial charge is 0.272 e. The van der Waals surface area contributed by atoms with Crippen LogP contribution < -0.4 is 10.9 Å². The molecule has 0 atom stereocenters. The quantitative estimate of drug-likeness (QED) is 0.413. The van der Waals surface area contributed by atoms with Gasteiger partial charge in [0.1, 0.15) is 13.6 Å². The minimum absolute atomic E-state index is 0.108. The lowest BCUT2D eigenvalue weighted by Crippen LogP contribution is -2.19. The fourth-order valence-electron chi connectivity index (χ4n) is 2.56. The second kappa shape index (κ2) is 7.36. The van der Waals surface area contributed by atoms with Crippen LogP contribution >= 0.6 is 23.2 Å². The Morgan fingerprint density at radius 1 is 1.27 bits per heavy atom. The molecule has 5 nitrogen and oxygen atoms in total. The third-order valence-corrected chi connectivity index (χ3v) is 4.27. The fraction of sp³-hybridized carbons (Fsp3) is 0.0556. The van der Waals surface area contributed by atoms with Gasteiger partial charge < -0.3 is 5.11 Å². The Labute approximate surface area is 161 Å². The van der Waals surface area contributed by atoms with E-state index in [9.17, 15) is 9.90 Å². The molecular formula is C18H14BCl2N3O2. The van der Waals surface area contributed by atoms with Crippen LogP contribution in [0.5, 0.6) is 5.75 Å². The molecule has 0 saturated carbocycles. The summed E-state index contributed by atoms with van der Waals surface area (Å²) in [6.07, 6.45) is 1.28. The molecule has 0 aliphatic rings. The second-order valence-corrected chi connectivity index (χ2v) is 6.70. The monoisotopic (exact) mass is 385 g/mol. The number of nitrogens with zero attached hydrogens (tertiary/aromatic N) is 2. The Morgan fingerprint density at radius 2 is 2.04 bits per heavy atom. The number of hydrazone groups is 1. The number of carbonyl (C=O) groups excluding carboxylic acids is 1. The second-order valence-electron chi connectivity index (χ2n) is 5.86. The first kappa shape index (κ1) is 18.2. The van der Waals surface area contributed by atoms with Crippen LogP contribution in [0.4, 0.5) is 0 Å². The molecule has 0 unspecified atom stereocenters. The SMILES string of the molecule is Bc1ccc2nc(C)cc(C(=O)N/N=C/c3cc(Cl)cc(Cl)c3O)c2c1. The van der Waals surface area contributed by atoms with Crippen molar-refractivity contribution in [2.75, 3.05) is 0 Å². The summed E-state index contributed by atoms with van der Waals surface area (Å²) in [5.41, 5.74) is 5.73. The van der Waals surface area contributed by atoms with Gasteiger partial charge in [-0.05, 0) is 31.2 Å². The minimum Gasteiger partial charge on any atom is -0.506 e. The summed E-state index contributed by atoms with van der Waals surface area (Å²) in [6.45, 7) is 1.82. The van der Waals surface area contributed by atoms with Crippen LogP contribution in [-0.2, 0) is 0 Å². The van der Waals surface area contributed by atoms with Gasteiger partial charge in [-0.15, -0.1) is 0 Å². The summed E-state index contributed by atoms with van der Waals surface area (Å²) in [5.74, 6) is -0.537. The summed E-state index contributed by atoms with van der Waals surface area (Å²) in [4.78, 5) is 17.0. The largest absolute Gasteiger partial charge is 0.506 e. The van der Waals surface area contributed by atoms with Crippen molar-refractivity contribution in [3.8, 4) is 5.75 Å². The molecule has 0 radical (unpaired) electrons. The standard InChI is InChI=1S/C18H14BCl2N3O2/c1-9-4-14(13-6-11(19)2-3-16(13)23-9)18(26)24-22-8-10-5-12(20)7-15(21)17(10)25/h2-8,25H,19H2,1H3,(H,24,26)/b22-8+. The van der Waals surface area contributed by atoms with E-state index in [0.29, 0.717) is 16.1 Å². The molecule has 0 spiro atoms. The van der Waals surface area contributed by atoms with E-state index in [2.05, 4.69) is 15.5 Å². The summed E-state index contributed by atoms with van der Waals surface area (Å²) in [5, 5.41) is 15.0. The summed E-state index contributed by atoms with van der Waals surface area (Å²) in [7, 11) is 1.95. The molecule has 0 bridgehead atoms. The zero-order valence-corrected chi connectivity index (χ0v) is 15.6. The van der Waals surface area contributed by atoms with E-state index in [1.807, 2.05) is 33.0 Å². The lowest BCUT2D eigenvalue weighted by atomic mass is 9.93. The Bertz CT molecular complexity index is 1050. The molecule has 2 N–H and O–H groups in total. The number of fused-ring (bicyclic) bond motifs is 1. The number of phenols is 1. The van der Waals surface area contributed by atoms with Crippen molar-refractivity contribution < 1.29 is 9.90 Å². The number of benzene rings is 2. The van der Waals surface area contributed by atoms with E-state index in [1.165, 1.54) is 18.3 Å². The number of aromatic nitrogens is 1. The number of nitrogens with one attached hydrogen (secondary N) is 1. The number of aryl methyl sites for hydroxylation is 1. The van der Waals surface area contributed by atoms with E-state index >= 15 is 0 Å². The van der Waals surface area contributed by atoms with Gasteiger partial charge in [-0.2, -0.15) is 5.10 Å². The number of pyridine rings is 1. The number of aromatic hydroxyl groups is 1. The maximum absolute atomic E-state index is 12.6. The Kier molecular flexibility index (Phi) is 5.16. The van der Waals surface area contributed by atoms with Gasteiger partial charge in [0.05, 0.1) is 22.3 Å². The highest BCUT2D eigenvalue weighted by atomic mass is 35.5. The number of hydrogen-bond acceptors (Lipinski definition) is 4. The molecule has 1 amide bonds. The molecule has 3 aromatic rings. The first-order valence-corrected chi connectivity index (χ1v) is 8.50. The number of rotatable bonds is 3. The number of phenolic OH excluding ortho intramolecular Hbond substituents is 1. The summed E-state index contributed by atoms with van der Waals surface area (Å²) >= 11 is 11.8. The molecule has 1 heterocycles. The van der Waals surface area contributed by atoms with Crippen molar-refractivity contribution in [3.05, 3.63) is 63.3 Å². The summed E-state index contributed by atoms with van der Waals surface area (Å²) in [6, 6.07) is 10.4. The lowest BCUT2D eigenvalue weighted by molar-refractivity contribution is 0.0956. The fourth-order valence-corrected chi connectivity index (χ4v) is 3.07. The van der Waals surface area contributed by atoms with Crippen LogP contribution in [0.2, 0.25) is 10.0 Å². The van der Waals surface area contributed by atoms with Crippen LogP contribution in [0.25, 0.3) is 10.9 Å². The van der Waals surface area contributed by atoms with Gasteiger partial charge in [-0.25, -0.2) is 5.43 Å². The van der Waals surface area contributed by atoms with Gasteiger partial charge in [-0.1, -0.05) is 40.8 Å². The maximum Gasteiger partial charge on any atom is 0.272 e. The van der Waals surface area contributed by atoms with E-state index in [1.54, 1.807) is 6.07 Å². The van der Waals surface area contributed by atoms with E-state index in [4.69, 9.17) is 23.2 Å². The van der Waals surface area contributed by atoms with Gasteiger partial charge in [0, 0.05) is 21.7 Å². The zero-order valence-electron chi connectivity index (χ0n) is 14.0. The Hall–Kier alpha value is -2.57. The van der Waals surface area contributed by atoms with E-state index < -0.39 is 0 Å². The molecule has 3 rings (SSSR count). The van der Waals surface area contributed by atoms with Gasteiger partial charge in [0.15, 0.2) is 0 Å². The van der Waals surface area contributed by atoms with Crippen molar-refractivity contribution in [3.63, 3.8) is 0 Å². The van der Waals surface area contributed by atoms with Crippen molar-refractivity contribution in [2.24, 2.45) is 5.10 Å². The lowest BCUT2D eigenvalue weighted by Gasteiger charge is -2.08. The van der Waals surface area contributed by atoms with E-state index in [0.717, 1.165) is 22.1 Å². The van der Waals surface area contributed by atoms with Crippen molar-refractivity contribution in [2.45, 2.75) is 6.92 Å². The third-order valence-electron chi connectivity index (χ3n) is 3.76. The Morgan fingerprint density at radius 3 is 2.81 bits per heavy atom. The molecule has 0 aliphatic heterocycles. The average Bonchev–Trinajstić information content (AvgIpc) is 2.58. The molecule has 130 valence electrons. The molecule has 2 aromatic carbocycles. The van der Waals surface area contributed by atoms with Crippen molar-refractivity contribution >= 4 is 59.5 Å².